The highest BCUT2D eigenvalue weighted by atomic mass is 16.2. The lowest BCUT2D eigenvalue weighted by Crippen LogP contribution is -2.49. The van der Waals surface area contributed by atoms with E-state index in [2.05, 4.69) is 35.3 Å². The number of nitrogens with zero attached hydrogens (tertiary/aromatic N) is 1. The van der Waals surface area contributed by atoms with Crippen LogP contribution in [-0.2, 0) is 16.8 Å². The van der Waals surface area contributed by atoms with Gasteiger partial charge >= 0.3 is 0 Å². The number of hydrogen-bond donors (Lipinski definition) is 1. The van der Waals surface area contributed by atoms with Crippen molar-refractivity contribution in [3.05, 3.63) is 29.3 Å². The molecule has 0 radical (unpaired) electrons. The van der Waals surface area contributed by atoms with E-state index in [9.17, 15) is 4.79 Å². The number of amides is 1. The van der Waals surface area contributed by atoms with Gasteiger partial charge in [-0.1, -0.05) is 31.5 Å². The molecule has 0 aromatic heterocycles. The van der Waals surface area contributed by atoms with Crippen LogP contribution in [-0.4, -0.2) is 19.0 Å². The normalized spacial score (nSPS) is 32.8. The summed E-state index contributed by atoms with van der Waals surface area (Å²) in [5, 5.41) is 3.43. The van der Waals surface area contributed by atoms with E-state index in [1.165, 1.54) is 23.2 Å². The Hall–Kier alpha value is -1.35. The van der Waals surface area contributed by atoms with E-state index in [4.69, 9.17) is 0 Å². The molecule has 3 nitrogen and oxygen atoms in total. The van der Waals surface area contributed by atoms with Crippen molar-refractivity contribution in [2.24, 2.45) is 5.92 Å². The molecular formula is C16H20N2O. The molecule has 0 saturated heterocycles. The quantitative estimate of drug-likeness (QED) is 0.771. The van der Waals surface area contributed by atoms with E-state index in [1.54, 1.807) is 0 Å². The van der Waals surface area contributed by atoms with E-state index in [-0.39, 0.29) is 11.3 Å². The molecule has 2 atom stereocenters. The Labute approximate surface area is 114 Å². The fourth-order valence-electron chi connectivity index (χ4n) is 4.33. The summed E-state index contributed by atoms with van der Waals surface area (Å²) in [6.45, 7) is 4.89. The molecule has 1 aromatic carbocycles. The van der Waals surface area contributed by atoms with Crippen LogP contribution in [0.1, 0.15) is 37.3 Å². The van der Waals surface area contributed by atoms with E-state index < -0.39 is 0 Å². The predicted molar refractivity (Wildman–Crippen MR) is 75.2 cm³/mol. The van der Waals surface area contributed by atoms with Crippen molar-refractivity contribution in [1.82, 2.24) is 5.32 Å². The molecule has 3 aliphatic rings. The number of carbonyl (C=O) groups excluding carboxylic acids is 1. The summed E-state index contributed by atoms with van der Waals surface area (Å²) in [6.07, 6.45) is 3.40. The number of rotatable bonds is 0. The van der Waals surface area contributed by atoms with Gasteiger partial charge in [0, 0.05) is 31.0 Å². The van der Waals surface area contributed by atoms with E-state index in [1.807, 2.05) is 0 Å². The maximum Gasteiger partial charge on any atom is 0.231 e. The lowest BCUT2D eigenvalue weighted by atomic mass is 9.69. The Morgan fingerprint density at radius 2 is 2.32 bits per heavy atom. The lowest BCUT2D eigenvalue weighted by Gasteiger charge is -2.43. The molecule has 100 valence electrons. The molecular weight excluding hydrogens is 236 g/mol. The zero-order valence-electron chi connectivity index (χ0n) is 11.4. The minimum atomic E-state index is 0.0727. The van der Waals surface area contributed by atoms with Gasteiger partial charge in [0.15, 0.2) is 0 Å². The number of hydrogen-bond acceptors (Lipinski definition) is 2. The third-order valence-electron chi connectivity index (χ3n) is 5.35. The fourth-order valence-corrected chi connectivity index (χ4v) is 4.33. The molecule has 0 spiro atoms. The molecule has 2 unspecified atom stereocenters. The van der Waals surface area contributed by atoms with Crippen molar-refractivity contribution in [3.8, 4) is 0 Å². The molecule has 4 rings (SSSR count). The fraction of sp³-hybridized carbons (Fsp3) is 0.562. The van der Waals surface area contributed by atoms with Gasteiger partial charge in [0.25, 0.3) is 0 Å². The van der Waals surface area contributed by atoms with Gasteiger partial charge in [0.05, 0.1) is 5.69 Å². The summed E-state index contributed by atoms with van der Waals surface area (Å²) in [5.41, 5.74) is 3.99. The summed E-state index contributed by atoms with van der Waals surface area (Å²) in [7, 11) is 0. The third kappa shape index (κ3) is 1.39. The minimum absolute atomic E-state index is 0.0727. The number of fused-ring (bicyclic) bond motifs is 2. The first kappa shape index (κ1) is 11.5. The number of benzene rings is 1. The van der Waals surface area contributed by atoms with Gasteiger partial charge in [0.2, 0.25) is 5.91 Å². The van der Waals surface area contributed by atoms with Gasteiger partial charge in [-0.25, -0.2) is 0 Å². The maximum absolute atomic E-state index is 12.8. The van der Waals surface area contributed by atoms with Crippen LogP contribution in [0.15, 0.2) is 18.2 Å². The topological polar surface area (TPSA) is 32.3 Å². The van der Waals surface area contributed by atoms with Gasteiger partial charge in [-0.3, -0.25) is 4.79 Å². The first-order valence-electron chi connectivity index (χ1n) is 7.36. The first-order chi connectivity index (χ1) is 9.22. The largest absolute Gasteiger partial charge is 0.311 e. The Balaban J connectivity index is 1.99. The summed E-state index contributed by atoms with van der Waals surface area (Å²) in [4.78, 5) is 14.9. The van der Waals surface area contributed by atoms with Crippen molar-refractivity contribution in [3.63, 3.8) is 0 Å². The van der Waals surface area contributed by atoms with E-state index in [0.29, 0.717) is 5.91 Å². The molecule has 1 aliphatic carbocycles. The Bertz CT molecular complexity index is 554. The van der Waals surface area contributed by atoms with Gasteiger partial charge in [-0.15, -0.1) is 0 Å². The van der Waals surface area contributed by atoms with Crippen LogP contribution in [0.3, 0.4) is 0 Å². The Morgan fingerprint density at radius 3 is 3.21 bits per heavy atom. The molecule has 3 heteroatoms. The van der Waals surface area contributed by atoms with Gasteiger partial charge < -0.3 is 10.2 Å². The Kier molecular flexibility index (Phi) is 2.31. The molecule has 1 amide bonds. The molecule has 1 N–H and O–H groups in total. The predicted octanol–water partition coefficient (Wildman–Crippen LogP) is 2.19. The van der Waals surface area contributed by atoms with E-state index >= 15 is 0 Å². The highest BCUT2D eigenvalue weighted by molar-refractivity contribution is 6.01. The molecule has 2 aliphatic heterocycles. The van der Waals surface area contributed by atoms with Gasteiger partial charge in [-0.05, 0) is 24.0 Å². The van der Waals surface area contributed by atoms with Crippen LogP contribution < -0.4 is 10.2 Å². The van der Waals surface area contributed by atoms with Crippen LogP contribution >= 0.6 is 0 Å². The highest BCUT2D eigenvalue weighted by Crippen LogP contribution is 2.53. The molecule has 2 heterocycles. The lowest BCUT2D eigenvalue weighted by molar-refractivity contribution is -0.124. The molecule has 19 heavy (non-hydrogen) atoms. The van der Waals surface area contributed by atoms with Crippen LogP contribution in [0.4, 0.5) is 5.69 Å². The first-order valence-corrected chi connectivity index (χ1v) is 7.36. The highest BCUT2D eigenvalue weighted by Gasteiger charge is 2.51. The van der Waals surface area contributed by atoms with Crippen molar-refractivity contribution < 1.29 is 4.79 Å². The summed E-state index contributed by atoms with van der Waals surface area (Å²) in [6, 6.07) is 6.58. The van der Waals surface area contributed by atoms with E-state index in [0.717, 1.165) is 32.5 Å². The van der Waals surface area contributed by atoms with Gasteiger partial charge in [0.1, 0.15) is 0 Å². The van der Waals surface area contributed by atoms with Crippen molar-refractivity contribution in [1.29, 1.82) is 0 Å². The smallest absolute Gasteiger partial charge is 0.231 e. The molecule has 0 bridgehead atoms. The summed E-state index contributed by atoms with van der Waals surface area (Å²) < 4.78 is 0. The monoisotopic (exact) mass is 256 g/mol. The van der Waals surface area contributed by atoms with Crippen LogP contribution in [0.25, 0.3) is 0 Å². The zero-order valence-corrected chi connectivity index (χ0v) is 11.4. The van der Waals surface area contributed by atoms with Crippen molar-refractivity contribution in [2.45, 2.75) is 38.1 Å². The van der Waals surface area contributed by atoms with Crippen LogP contribution in [0, 0.1) is 5.92 Å². The standard InChI is InChI=1S/C16H20N2O/c1-16-7-3-6-13(16)15(19)18-9-8-17-10-11-4-2-5-12(16)14(11)18/h2,4-5,13,17H,3,6-10H2,1H3. The van der Waals surface area contributed by atoms with Crippen LogP contribution in [0.2, 0.25) is 0 Å². The minimum Gasteiger partial charge on any atom is -0.311 e. The number of anilines is 1. The summed E-state index contributed by atoms with van der Waals surface area (Å²) in [5.74, 6) is 0.567. The van der Waals surface area contributed by atoms with Gasteiger partial charge in [-0.2, -0.15) is 0 Å². The number of para-hydroxylation sites is 1. The molecule has 1 fully saturated rings. The van der Waals surface area contributed by atoms with Crippen LogP contribution in [0.5, 0.6) is 0 Å². The van der Waals surface area contributed by atoms with Crippen molar-refractivity contribution in [2.75, 3.05) is 18.0 Å². The maximum atomic E-state index is 12.8. The number of nitrogens with one attached hydrogen (secondary N) is 1. The average molecular weight is 256 g/mol. The Morgan fingerprint density at radius 1 is 1.42 bits per heavy atom. The second kappa shape index (κ2) is 3.83. The second-order valence-corrected chi connectivity index (χ2v) is 6.34. The number of carbonyl (C=O) groups is 1. The summed E-state index contributed by atoms with van der Waals surface area (Å²) >= 11 is 0. The zero-order chi connectivity index (χ0) is 13.0. The third-order valence-corrected chi connectivity index (χ3v) is 5.35. The average Bonchev–Trinajstić information content (AvgIpc) is 2.69. The SMILES string of the molecule is CC12CCCC1C(=O)N1CCNCc3cccc2c31. The van der Waals surface area contributed by atoms with Crippen molar-refractivity contribution >= 4 is 11.6 Å². The molecule has 1 aromatic rings. The second-order valence-electron chi connectivity index (χ2n) is 6.34. The molecule has 1 saturated carbocycles.